The first kappa shape index (κ1) is 13.1. The molecule has 17 heavy (non-hydrogen) atoms. The molecular weight excluding hydrogens is 274 g/mol. The molecule has 1 atom stereocenters. The lowest BCUT2D eigenvalue weighted by atomic mass is 9.81. The van der Waals surface area contributed by atoms with E-state index in [1.807, 2.05) is 0 Å². The third kappa shape index (κ3) is 3.56. The van der Waals surface area contributed by atoms with E-state index in [4.69, 9.17) is 5.73 Å². The SMILES string of the molecule is NCC(c1cccc(Br)c1)C1CCCCCC1. The quantitative estimate of drug-likeness (QED) is 0.819. The van der Waals surface area contributed by atoms with Crippen molar-refractivity contribution in [3.8, 4) is 0 Å². The highest BCUT2D eigenvalue weighted by Gasteiger charge is 2.23. The summed E-state index contributed by atoms with van der Waals surface area (Å²) in [6.07, 6.45) is 8.30. The molecule has 0 heterocycles. The van der Waals surface area contributed by atoms with Gasteiger partial charge in [-0.05, 0) is 48.9 Å². The zero-order valence-electron chi connectivity index (χ0n) is 10.4. The molecule has 0 spiro atoms. The van der Waals surface area contributed by atoms with E-state index in [0.717, 1.165) is 12.5 Å². The van der Waals surface area contributed by atoms with Crippen LogP contribution < -0.4 is 5.73 Å². The summed E-state index contributed by atoms with van der Waals surface area (Å²) in [5, 5.41) is 0. The number of hydrogen-bond donors (Lipinski definition) is 1. The summed E-state index contributed by atoms with van der Waals surface area (Å²) < 4.78 is 1.17. The molecule has 2 rings (SSSR count). The van der Waals surface area contributed by atoms with Crippen molar-refractivity contribution in [2.75, 3.05) is 6.54 Å². The van der Waals surface area contributed by atoms with Crippen molar-refractivity contribution < 1.29 is 0 Å². The van der Waals surface area contributed by atoms with Gasteiger partial charge in [-0.1, -0.05) is 53.7 Å². The molecule has 1 nitrogen and oxygen atoms in total. The number of benzene rings is 1. The molecule has 1 unspecified atom stereocenters. The summed E-state index contributed by atoms with van der Waals surface area (Å²) in [6, 6.07) is 8.68. The minimum Gasteiger partial charge on any atom is -0.330 e. The molecule has 1 aliphatic rings. The summed E-state index contributed by atoms with van der Waals surface area (Å²) in [5.41, 5.74) is 7.43. The van der Waals surface area contributed by atoms with Crippen LogP contribution in [0.3, 0.4) is 0 Å². The van der Waals surface area contributed by atoms with Crippen LogP contribution in [-0.4, -0.2) is 6.54 Å². The zero-order valence-corrected chi connectivity index (χ0v) is 12.0. The van der Waals surface area contributed by atoms with Crippen molar-refractivity contribution in [1.29, 1.82) is 0 Å². The van der Waals surface area contributed by atoms with Crippen LogP contribution in [0.5, 0.6) is 0 Å². The molecule has 2 heteroatoms. The molecule has 0 aromatic heterocycles. The van der Waals surface area contributed by atoms with E-state index in [9.17, 15) is 0 Å². The third-order valence-corrected chi connectivity index (χ3v) is 4.49. The zero-order chi connectivity index (χ0) is 12.1. The molecular formula is C15H22BrN. The molecule has 1 fully saturated rings. The second-order valence-corrected chi connectivity index (χ2v) is 6.06. The lowest BCUT2D eigenvalue weighted by Crippen LogP contribution is -2.21. The first-order valence-electron chi connectivity index (χ1n) is 6.77. The van der Waals surface area contributed by atoms with Gasteiger partial charge in [0.05, 0.1) is 0 Å². The van der Waals surface area contributed by atoms with Gasteiger partial charge in [0.25, 0.3) is 0 Å². The van der Waals surface area contributed by atoms with Crippen LogP contribution in [0.4, 0.5) is 0 Å². The maximum atomic E-state index is 6.02. The van der Waals surface area contributed by atoms with E-state index in [1.54, 1.807) is 0 Å². The Balaban J connectivity index is 2.14. The summed E-state index contributed by atoms with van der Waals surface area (Å²) in [7, 11) is 0. The summed E-state index contributed by atoms with van der Waals surface area (Å²) in [6.45, 7) is 0.779. The Bertz CT molecular complexity index is 343. The Kier molecular flexibility index (Phi) is 5.05. The molecule has 1 aromatic rings. The first-order valence-corrected chi connectivity index (χ1v) is 7.56. The van der Waals surface area contributed by atoms with E-state index in [1.165, 1.54) is 48.6 Å². The average molecular weight is 296 g/mol. The Labute approximate surface area is 113 Å². The predicted octanol–water partition coefficient (Wildman–Crippen LogP) is 4.46. The lowest BCUT2D eigenvalue weighted by molar-refractivity contribution is 0.380. The monoisotopic (exact) mass is 295 g/mol. The molecule has 0 radical (unpaired) electrons. The second-order valence-electron chi connectivity index (χ2n) is 5.15. The van der Waals surface area contributed by atoms with Gasteiger partial charge in [0.15, 0.2) is 0 Å². The molecule has 2 N–H and O–H groups in total. The standard InChI is InChI=1S/C15H22BrN/c16-14-9-5-8-13(10-14)15(11-17)12-6-3-1-2-4-7-12/h5,8-10,12,15H,1-4,6-7,11,17H2. The summed E-state index contributed by atoms with van der Waals surface area (Å²) in [4.78, 5) is 0. The van der Waals surface area contributed by atoms with Gasteiger partial charge in [-0.15, -0.1) is 0 Å². The van der Waals surface area contributed by atoms with Gasteiger partial charge in [0, 0.05) is 4.47 Å². The van der Waals surface area contributed by atoms with Gasteiger partial charge >= 0.3 is 0 Å². The highest BCUT2D eigenvalue weighted by atomic mass is 79.9. The van der Waals surface area contributed by atoms with Crippen molar-refractivity contribution in [2.24, 2.45) is 11.7 Å². The van der Waals surface area contributed by atoms with Gasteiger partial charge in [0.2, 0.25) is 0 Å². The Hall–Kier alpha value is -0.340. The van der Waals surface area contributed by atoms with Gasteiger partial charge in [-0.3, -0.25) is 0 Å². The van der Waals surface area contributed by atoms with Crippen molar-refractivity contribution in [3.63, 3.8) is 0 Å². The van der Waals surface area contributed by atoms with Crippen LogP contribution >= 0.6 is 15.9 Å². The second kappa shape index (κ2) is 6.55. The molecule has 1 aliphatic carbocycles. The molecule has 1 saturated carbocycles. The highest BCUT2D eigenvalue weighted by molar-refractivity contribution is 9.10. The fourth-order valence-corrected chi connectivity index (χ4v) is 3.47. The first-order chi connectivity index (χ1) is 8.31. The fraction of sp³-hybridized carbons (Fsp3) is 0.600. The minimum absolute atomic E-state index is 0.547. The Morgan fingerprint density at radius 3 is 2.47 bits per heavy atom. The van der Waals surface area contributed by atoms with Crippen molar-refractivity contribution in [3.05, 3.63) is 34.3 Å². The molecule has 0 saturated heterocycles. The van der Waals surface area contributed by atoms with Crippen LogP contribution in [0, 0.1) is 5.92 Å². The Morgan fingerprint density at radius 1 is 1.18 bits per heavy atom. The molecule has 0 amide bonds. The number of rotatable bonds is 3. The maximum Gasteiger partial charge on any atom is 0.0178 e. The normalized spacial score (nSPS) is 19.9. The summed E-state index contributed by atoms with van der Waals surface area (Å²) >= 11 is 3.56. The van der Waals surface area contributed by atoms with Gasteiger partial charge in [-0.2, -0.15) is 0 Å². The predicted molar refractivity (Wildman–Crippen MR) is 77.1 cm³/mol. The number of halogens is 1. The van der Waals surface area contributed by atoms with Crippen LogP contribution in [0.2, 0.25) is 0 Å². The van der Waals surface area contributed by atoms with Crippen molar-refractivity contribution in [2.45, 2.75) is 44.4 Å². The number of nitrogens with two attached hydrogens (primary N) is 1. The van der Waals surface area contributed by atoms with Crippen molar-refractivity contribution in [1.82, 2.24) is 0 Å². The molecule has 1 aromatic carbocycles. The Morgan fingerprint density at radius 2 is 1.88 bits per heavy atom. The van der Waals surface area contributed by atoms with Crippen molar-refractivity contribution >= 4 is 15.9 Å². The number of hydrogen-bond acceptors (Lipinski definition) is 1. The van der Waals surface area contributed by atoms with Gasteiger partial charge < -0.3 is 5.73 Å². The molecule has 0 aliphatic heterocycles. The topological polar surface area (TPSA) is 26.0 Å². The van der Waals surface area contributed by atoms with E-state index in [0.29, 0.717) is 5.92 Å². The van der Waals surface area contributed by atoms with Crippen LogP contribution in [0.25, 0.3) is 0 Å². The van der Waals surface area contributed by atoms with Crippen LogP contribution in [-0.2, 0) is 0 Å². The van der Waals surface area contributed by atoms with E-state index in [2.05, 4.69) is 40.2 Å². The maximum absolute atomic E-state index is 6.02. The fourth-order valence-electron chi connectivity index (χ4n) is 3.05. The largest absolute Gasteiger partial charge is 0.330 e. The third-order valence-electron chi connectivity index (χ3n) is 4.00. The van der Waals surface area contributed by atoms with Crippen LogP contribution in [0.1, 0.15) is 50.0 Å². The average Bonchev–Trinajstić information content (AvgIpc) is 2.59. The minimum atomic E-state index is 0.547. The van der Waals surface area contributed by atoms with E-state index >= 15 is 0 Å². The van der Waals surface area contributed by atoms with Gasteiger partial charge in [0.1, 0.15) is 0 Å². The van der Waals surface area contributed by atoms with E-state index in [-0.39, 0.29) is 0 Å². The van der Waals surface area contributed by atoms with E-state index < -0.39 is 0 Å². The van der Waals surface area contributed by atoms with Gasteiger partial charge in [-0.25, -0.2) is 0 Å². The lowest BCUT2D eigenvalue weighted by Gasteiger charge is -2.25. The molecule has 94 valence electrons. The van der Waals surface area contributed by atoms with Crippen LogP contribution in [0.15, 0.2) is 28.7 Å². The smallest absolute Gasteiger partial charge is 0.0178 e. The molecule has 0 bridgehead atoms. The highest BCUT2D eigenvalue weighted by Crippen LogP contribution is 2.35. The summed E-state index contributed by atoms with van der Waals surface area (Å²) in [5.74, 6) is 1.34.